The summed E-state index contributed by atoms with van der Waals surface area (Å²) in [4.78, 5) is 1.11. The Bertz CT molecular complexity index is 488. The van der Waals surface area contributed by atoms with Crippen LogP contribution in [0.2, 0.25) is 5.02 Å². The number of hydrogen-bond donors (Lipinski definition) is 1. The van der Waals surface area contributed by atoms with Crippen molar-refractivity contribution in [2.75, 3.05) is 5.73 Å². The molecule has 2 aromatic carbocycles. The van der Waals surface area contributed by atoms with E-state index in [4.69, 9.17) is 17.3 Å². The van der Waals surface area contributed by atoms with Crippen LogP contribution in [0.25, 0.3) is 0 Å². The molecular formula is C13H12Cl2NS-. The van der Waals surface area contributed by atoms with Gasteiger partial charge in [0, 0.05) is 21.4 Å². The standard InChI is InChI=1S/C13H12ClNS.ClH/c14-11-5-3-4-10(8-11)9-16-13-7-2-1-6-12(13)15;/h1-8H,9,15H2;1H/p-1. The van der Waals surface area contributed by atoms with Gasteiger partial charge in [-0.2, -0.15) is 0 Å². The van der Waals surface area contributed by atoms with Crippen molar-refractivity contribution in [3.63, 3.8) is 0 Å². The molecule has 17 heavy (non-hydrogen) atoms. The fourth-order valence-corrected chi connectivity index (χ4v) is 2.52. The van der Waals surface area contributed by atoms with Crippen molar-refractivity contribution in [2.24, 2.45) is 0 Å². The Kier molecular flexibility index (Phi) is 5.69. The summed E-state index contributed by atoms with van der Waals surface area (Å²) in [5.74, 6) is 0.884. The zero-order chi connectivity index (χ0) is 11.4. The van der Waals surface area contributed by atoms with Gasteiger partial charge in [-0.3, -0.25) is 0 Å². The van der Waals surface area contributed by atoms with Gasteiger partial charge in [0.15, 0.2) is 0 Å². The fourth-order valence-electron chi connectivity index (χ4n) is 1.40. The molecule has 0 unspecified atom stereocenters. The molecule has 1 nitrogen and oxygen atoms in total. The summed E-state index contributed by atoms with van der Waals surface area (Å²) in [5, 5.41) is 0.777. The Morgan fingerprint density at radius 1 is 1.06 bits per heavy atom. The second kappa shape index (κ2) is 6.80. The van der Waals surface area contributed by atoms with E-state index in [2.05, 4.69) is 6.07 Å². The van der Waals surface area contributed by atoms with E-state index in [1.165, 1.54) is 5.56 Å². The Morgan fingerprint density at radius 2 is 1.82 bits per heavy atom. The monoisotopic (exact) mass is 284 g/mol. The molecule has 0 saturated carbocycles. The molecule has 2 N–H and O–H groups in total. The van der Waals surface area contributed by atoms with Crippen molar-refractivity contribution in [1.29, 1.82) is 0 Å². The molecule has 0 saturated heterocycles. The third-order valence-electron chi connectivity index (χ3n) is 2.20. The molecule has 4 heteroatoms. The molecule has 0 aliphatic rings. The first kappa shape index (κ1) is 14.2. The van der Waals surface area contributed by atoms with Gasteiger partial charge in [0.1, 0.15) is 0 Å². The third kappa shape index (κ3) is 4.15. The second-order valence-corrected chi connectivity index (χ2v) is 4.91. The number of rotatable bonds is 3. The molecule has 0 bridgehead atoms. The summed E-state index contributed by atoms with van der Waals surface area (Å²) in [7, 11) is 0. The van der Waals surface area contributed by atoms with Crippen molar-refractivity contribution in [1.82, 2.24) is 0 Å². The van der Waals surface area contributed by atoms with Crippen molar-refractivity contribution < 1.29 is 12.4 Å². The zero-order valence-electron chi connectivity index (χ0n) is 9.07. The van der Waals surface area contributed by atoms with Gasteiger partial charge in [-0.25, -0.2) is 0 Å². The number of para-hydroxylation sites is 1. The maximum absolute atomic E-state index is 5.92. The van der Waals surface area contributed by atoms with E-state index in [-0.39, 0.29) is 12.4 Å². The van der Waals surface area contributed by atoms with Gasteiger partial charge in [-0.1, -0.05) is 35.9 Å². The number of hydrogen-bond acceptors (Lipinski definition) is 2. The first-order valence-electron chi connectivity index (χ1n) is 4.97. The summed E-state index contributed by atoms with van der Waals surface area (Å²) < 4.78 is 0. The smallest absolute Gasteiger partial charge is 0.0452 e. The molecule has 0 radical (unpaired) electrons. The van der Waals surface area contributed by atoms with Gasteiger partial charge in [-0.05, 0) is 29.8 Å². The predicted octanol–water partition coefficient (Wildman–Crippen LogP) is 1.22. The Balaban J connectivity index is 0.00000144. The highest BCUT2D eigenvalue weighted by atomic mass is 35.5. The molecule has 0 amide bonds. The molecule has 2 aromatic rings. The summed E-state index contributed by atoms with van der Waals surface area (Å²) >= 11 is 7.65. The van der Waals surface area contributed by atoms with Gasteiger partial charge < -0.3 is 18.1 Å². The number of thioether (sulfide) groups is 1. The molecule has 0 atom stereocenters. The first-order valence-corrected chi connectivity index (χ1v) is 6.34. The molecule has 0 fully saturated rings. The Hall–Kier alpha value is -0.830. The van der Waals surface area contributed by atoms with E-state index in [1.54, 1.807) is 11.8 Å². The quantitative estimate of drug-likeness (QED) is 0.678. The molecule has 0 heterocycles. The van der Waals surface area contributed by atoms with E-state index in [0.29, 0.717) is 0 Å². The fraction of sp³-hybridized carbons (Fsp3) is 0.0769. The Morgan fingerprint density at radius 3 is 2.53 bits per heavy atom. The molecule has 0 aromatic heterocycles. The summed E-state index contributed by atoms with van der Waals surface area (Å²) in [5.41, 5.74) is 7.91. The minimum absolute atomic E-state index is 0. The highest BCUT2D eigenvalue weighted by Crippen LogP contribution is 2.28. The van der Waals surface area contributed by atoms with Crippen LogP contribution in [0.1, 0.15) is 5.56 Å². The number of halogens is 2. The topological polar surface area (TPSA) is 26.0 Å². The molecular weight excluding hydrogens is 273 g/mol. The number of anilines is 1. The maximum Gasteiger partial charge on any atom is 0.0452 e. The molecule has 90 valence electrons. The van der Waals surface area contributed by atoms with Gasteiger partial charge in [0.05, 0.1) is 0 Å². The Labute approximate surface area is 117 Å². The minimum atomic E-state index is 0. The lowest BCUT2D eigenvalue weighted by atomic mass is 10.2. The minimum Gasteiger partial charge on any atom is -1.00 e. The lowest BCUT2D eigenvalue weighted by molar-refractivity contribution is -0.00000313. The molecule has 2 rings (SSSR count). The second-order valence-electron chi connectivity index (χ2n) is 3.46. The molecule has 0 aliphatic heterocycles. The van der Waals surface area contributed by atoms with Crippen molar-refractivity contribution in [3.8, 4) is 0 Å². The van der Waals surface area contributed by atoms with E-state index < -0.39 is 0 Å². The average Bonchev–Trinajstić information content (AvgIpc) is 2.28. The number of nitrogen functional groups attached to an aromatic ring is 1. The van der Waals surface area contributed by atoms with Crippen LogP contribution in [0, 0.1) is 0 Å². The first-order chi connectivity index (χ1) is 7.75. The van der Waals surface area contributed by atoms with Gasteiger partial charge in [0.2, 0.25) is 0 Å². The maximum atomic E-state index is 5.92. The zero-order valence-corrected chi connectivity index (χ0v) is 11.4. The summed E-state index contributed by atoms with van der Waals surface area (Å²) in [6.07, 6.45) is 0. The number of nitrogens with two attached hydrogens (primary N) is 1. The van der Waals surface area contributed by atoms with Crippen molar-refractivity contribution in [3.05, 3.63) is 59.1 Å². The molecule has 0 aliphatic carbocycles. The predicted molar refractivity (Wildman–Crippen MR) is 71.9 cm³/mol. The molecule has 0 spiro atoms. The summed E-state index contributed by atoms with van der Waals surface area (Å²) in [6.45, 7) is 0. The van der Waals surface area contributed by atoms with Crippen LogP contribution < -0.4 is 18.1 Å². The van der Waals surface area contributed by atoms with Crippen LogP contribution in [0.15, 0.2) is 53.4 Å². The lowest BCUT2D eigenvalue weighted by Crippen LogP contribution is -3.00. The van der Waals surface area contributed by atoms with Crippen LogP contribution in [0.3, 0.4) is 0 Å². The normalized spacial score (nSPS) is 9.71. The van der Waals surface area contributed by atoms with Crippen molar-refractivity contribution in [2.45, 2.75) is 10.6 Å². The van der Waals surface area contributed by atoms with E-state index in [0.717, 1.165) is 21.4 Å². The largest absolute Gasteiger partial charge is 1.00 e. The van der Waals surface area contributed by atoms with Crippen LogP contribution in [0.5, 0.6) is 0 Å². The van der Waals surface area contributed by atoms with Gasteiger partial charge >= 0.3 is 0 Å². The average molecular weight is 285 g/mol. The van der Waals surface area contributed by atoms with Crippen LogP contribution in [-0.2, 0) is 5.75 Å². The SMILES string of the molecule is Nc1ccccc1SCc1cccc(Cl)c1.[Cl-]. The van der Waals surface area contributed by atoms with Gasteiger partial charge in [-0.15, -0.1) is 11.8 Å². The van der Waals surface area contributed by atoms with E-state index in [9.17, 15) is 0 Å². The van der Waals surface area contributed by atoms with Crippen LogP contribution in [-0.4, -0.2) is 0 Å². The highest BCUT2D eigenvalue weighted by molar-refractivity contribution is 7.98. The van der Waals surface area contributed by atoms with Crippen LogP contribution >= 0.6 is 23.4 Å². The lowest BCUT2D eigenvalue weighted by Gasteiger charge is -2.05. The van der Waals surface area contributed by atoms with E-state index in [1.807, 2.05) is 42.5 Å². The van der Waals surface area contributed by atoms with Gasteiger partial charge in [0.25, 0.3) is 0 Å². The van der Waals surface area contributed by atoms with E-state index >= 15 is 0 Å². The number of benzene rings is 2. The van der Waals surface area contributed by atoms with Crippen molar-refractivity contribution >= 4 is 29.1 Å². The highest BCUT2D eigenvalue weighted by Gasteiger charge is 2.00. The van der Waals surface area contributed by atoms with Crippen LogP contribution in [0.4, 0.5) is 5.69 Å². The summed E-state index contributed by atoms with van der Waals surface area (Å²) in [6, 6.07) is 15.8. The third-order valence-corrected chi connectivity index (χ3v) is 3.60.